The third-order valence-electron chi connectivity index (χ3n) is 3.78. The molecular weight excluding hydrogens is 318 g/mol. The van der Waals surface area contributed by atoms with E-state index in [4.69, 9.17) is 4.74 Å². The quantitative estimate of drug-likeness (QED) is 0.621. The largest absolute Gasteiger partial charge is 0.449 e. The second-order valence-electron chi connectivity index (χ2n) is 6.02. The minimum atomic E-state index is -0.926. The molecule has 0 unspecified atom stereocenters. The topological polar surface area (TPSA) is 63.7 Å². The number of carbonyl (C=O) groups excluding carboxylic acids is 3. The van der Waals surface area contributed by atoms with Crippen LogP contribution in [0, 0.1) is 6.92 Å². The maximum absolute atomic E-state index is 12.7. The van der Waals surface area contributed by atoms with Gasteiger partial charge in [-0.25, -0.2) is 4.79 Å². The second-order valence-corrected chi connectivity index (χ2v) is 6.02. The molecule has 0 bridgehead atoms. The number of carbonyl (C=O) groups is 3. The average Bonchev–Trinajstić information content (AvgIpc) is 2.60. The highest BCUT2D eigenvalue weighted by Gasteiger charge is 2.24. The lowest BCUT2D eigenvalue weighted by molar-refractivity contribution is -0.137. The van der Waals surface area contributed by atoms with Gasteiger partial charge in [0.15, 0.2) is 11.9 Å². The predicted octanol–water partition coefficient (Wildman–Crippen LogP) is 2.86. The van der Waals surface area contributed by atoms with Crippen molar-refractivity contribution in [2.24, 2.45) is 0 Å². The Hall–Kier alpha value is -2.95. The lowest BCUT2D eigenvalue weighted by Gasteiger charge is -2.18. The number of hydrogen-bond acceptors (Lipinski definition) is 4. The summed E-state index contributed by atoms with van der Waals surface area (Å²) in [6.07, 6.45) is -0.926. The summed E-state index contributed by atoms with van der Waals surface area (Å²) in [4.78, 5) is 38.4. The first-order valence-electron chi connectivity index (χ1n) is 7.93. The molecule has 0 radical (unpaired) electrons. The molecule has 5 heteroatoms. The molecule has 1 amide bonds. The summed E-state index contributed by atoms with van der Waals surface area (Å²) >= 11 is 0. The first kappa shape index (κ1) is 18.4. The van der Waals surface area contributed by atoms with Gasteiger partial charge in [0.2, 0.25) is 0 Å². The number of ether oxygens (including phenoxy) is 1. The van der Waals surface area contributed by atoms with E-state index in [0.29, 0.717) is 5.56 Å². The van der Waals surface area contributed by atoms with Crippen LogP contribution in [-0.2, 0) is 9.53 Å². The highest BCUT2D eigenvalue weighted by atomic mass is 16.5. The minimum Gasteiger partial charge on any atom is -0.449 e. The van der Waals surface area contributed by atoms with E-state index in [9.17, 15) is 14.4 Å². The van der Waals surface area contributed by atoms with Crippen LogP contribution in [0.2, 0.25) is 0 Å². The van der Waals surface area contributed by atoms with Crippen molar-refractivity contribution in [1.82, 2.24) is 4.90 Å². The maximum Gasteiger partial charge on any atom is 0.339 e. The molecular formula is C20H21NO4. The summed E-state index contributed by atoms with van der Waals surface area (Å²) in [6.45, 7) is 3.44. The minimum absolute atomic E-state index is 0.145. The van der Waals surface area contributed by atoms with Crippen LogP contribution in [0.5, 0.6) is 0 Å². The van der Waals surface area contributed by atoms with Gasteiger partial charge in [-0.15, -0.1) is 0 Å². The molecule has 2 aromatic carbocycles. The predicted molar refractivity (Wildman–Crippen MR) is 94.6 cm³/mol. The summed E-state index contributed by atoms with van der Waals surface area (Å²) in [5.41, 5.74) is 1.93. The molecule has 0 aliphatic carbocycles. The van der Waals surface area contributed by atoms with Gasteiger partial charge in [-0.05, 0) is 19.9 Å². The molecule has 0 saturated carbocycles. The average molecular weight is 339 g/mol. The number of amides is 1. The molecule has 0 fully saturated rings. The van der Waals surface area contributed by atoms with Gasteiger partial charge >= 0.3 is 5.97 Å². The first-order valence-corrected chi connectivity index (χ1v) is 7.93. The van der Waals surface area contributed by atoms with Crippen LogP contribution in [0.4, 0.5) is 0 Å². The molecule has 2 rings (SSSR count). The molecule has 5 nitrogen and oxygen atoms in total. The lowest BCUT2D eigenvalue weighted by Crippen LogP contribution is -2.35. The van der Waals surface area contributed by atoms with Gasteiger partial charge in [-0.2, -0.15) is 0 Å². The SMILES string of the molecule is Cc1ccc(C(=O)c2ccccc2C(=O)O[C@@H](C)C(=O)N(C)C)cc1. The molecule has 0 aliphatic rings. The number of aryl methyl sites for hydroxylation is 1. The molecule has 0 aliphatic heterocycles. The standard InChI is InChI=1S/C20H21NO4/c1-13-9-11-15(12-10-13)18(22)16-7-5-6-8-17(16)20(24)25-14(2)19(23)21(3)4/h5-12,14H,1-4H3/t14-/m0/s1. The van der Waals surface area contributed by atoms with E-state index in [1.165, 1.54) is 17.9 Å². The summed E-state index contributed by atoms with van der Waals surface area (Å²) < 4.78 is 5.22. The maximum atomic E-state index is 12.7. The highest BCUT2D eigenvalue weighted by Crippen LogP contribution is 2.17. The first-order chi connectivity index (χ1) is 11.8. The van der Waals surface area contributed by atoms with Gasteiger partial charge in [0.1, 0.15) is 0 Å². The fourth-order valence-corrected chi connectivity index (χ4v) is 2.36. The van der Waals surface area contributed by atoms with Crippen molar-refractivity contribution < 1.29 is 19.1 Å². The van der Waals surface area contributed by atoms with Gasteiger partial charge in [0.05, 0.1) is 5.56 Å². The van der Waals surface area contributed by atoms with Crippen LogP contribution in [0.3, 0.4) is 0 Å². The Balaban J connectivity index is 2.28. The third-order valence-corrected chi connectivity index (χ3v) is 3.78. The normalized spacial score (nSPS) is 11.5. The van der Waals surface area contributed by atoms with E-state index in [1.807, 2.05) is 19.1 Å². The molecule has 25 heavy (non-hydrogen) atoms. The Kier molecular flexibility index (Phi) is 5.70. The van der Waals surface area contributed by atoms with Crippen LogP contribution >= 0.6 is 0 Å². The van der Waals surface area contributed by atoms with Crippen molar-refractivity contribution in [3.63, 3.8) is 0 Å². The molecule has 0 aromatic heterocycles. The molecule has 0 saturated heterocycles. The zero-order valence-electron chi connectivity index (χ0n) is 14.8. The van der Waals surface area contributed by atoms with Crippen LogP contribution in [0.1, 0.15) is 38.8 Å². The number of rotatable bonds is 5. The van der Waals surface area contributed by atoms with Gasteiger partial charge < -0.3 is 9.64 Å². The molecule has 1 atom stereocenters. The number of esters is 1. The Morgan fingerprint density at radius 2 is 1.48 bits per heavy atom. The molecule has 0 N–H and O–H groups in total. The Morgan fingerprint density at radius 3 is 2.04 bits per heavy atom. The van der Waals surface area contributed by atoms with E-state index in [0.717, 1.165) is 5.56 Å². The highest BCUT2D eigenvalue weighted by molar-refractivity contribution is 6.14. The molecule has 0 spiro atoms. The fourth-order valence-electron chi connectivity index (χ4n) is 2.36. The van der Waals surface area contributed by atoms with E-state index < -0.39 is 12.1 Å². The lowest BCUT2D eigenvalue weighted by atomic mass is 9.98. The van der Waals surface area contributed by atoms with Gasteiger partial charge in [0.25, 0.3) is 5.91 Å². The Labute approximate surface area is 147 Å². The van der Waals surface area contributed by atoms with Crippen molar-refractivity contribution in [2.75, 3.05) is 14.1 Å². The van der Waals surface area contributed by atoms with Crippen molar-refractivity contribution in [1.29, 1.82) is 0 Å². The third kappa shape index (κ3) is 4.32. The molecule has 130 valence electrons. The van der Waals surface area contributed by atoms with Gasteiger partial charge in [-0.3, -0.25) is 9.59 Å². The second kappa shape index (κ2) is 7.75. The van der Waals surface area contributed by atoms with Crippen LogP contribution in [0.25, 0.3) is 0 Å². The summed E-state index contributed by atoms with van der Waals surface area (Å²) in [6, 6.07) is 13.6. The molecule has 0 heterocycles. The molecule has 2 aromatic rings. The van der Waals surface area contributed by atoms with Crippen LogP contribution in [0.15, 0.2) is 48.5 Å². The van der Waals surface area contributed by atoms with Crippen LogP contribution < -0.4 is 0 Å². The summed E-state index contributed by atoms with van der Waals surface area (Å²) in [5, 5.41) is 0. The Bertz CT molecular complexity index is 794. The van der Waals surface area contributed by atoms with E-state index in [-0.39, 0.29) is 22.8 Å². The smallest absolute Gasteiger partial charge is 0.339 e. The van der Waals surface area contributed by atoms with E-state index in [2.05, 4.69) is 0 Å². The van der Waals surface area contributed by atoms with Crippen LogP contribution in [-0.4, -0.2) is 42.8 Å². The zero-order chi connectivity index (χ0) is 18.6. The van der Waals surface area contributed by atoms with E-state index in [1.54, 1.807) is 44.4 Å². The number of likely N-dealkylation sites (N-methyl/N-ethyl adjacent to an activating group) is 1. The summed E-state index contributed by atoms with van der Waals surface area (Å²) in [5.74, 6) is -1.28. The van der Waals surface area contributed by atoms with E-state index >= 15 is 0 Å². The fraction of sp³-hybridized carbons (Fsp3) is 0.250. The number of hydrogen-bond donors (Lipinski definition) is 0. The van der Waals surface area contributed by atoms with Crippen molar-refractivity contribution in [3.8, 4) is 0 Å². The van der Waals surface area contributed by atoms with Gasteiger partial charge in [0, 0.05) is 25.2 Å². The van der Waals surface area contributed by atoms with Crippen molar-refractivity contribution in [2.45, 2.75) is 20.0 Å². The Morgan fingerprint density at radius 1 is 0.920 bits per heavy atom. The zero-order valence-corrected chi connectivity index (χ0v) is 14.8. The van der Waals surface area contributed by atoms with Crippen molar-refractivity contribution in [3.05, 3.63) is 70.8 Å². The summed E-state index contributed by atoms with van der Waals surface area (Å²) in [7, 11) is 3.17. The monoisotopic (exact) mass is 339 g/mol. The number of ketones is 1. The number of benzene rings is 2. The number of nitrogens with zero attached hydrogens (tertiary/aromatic N) is 1. The van der Waals surface area contributed by atoms with Gasteiger partial charge in [-0.1, -0.05) is 48.0 Å². The van der Waals surface area contributed by atoms with Crippen molar-refractivity contribution >= 4 is 17.7 Å².